The average Bonchev–Trinajstić information content (AvgIpc) is 3.01. The summed E-state index contributed by atoms with van der Waals surface area (Å²) in [5.74, 6) is 0. The fourth-order valence-electron chi connectivity index (χ4n) is 2.22. The van der Waals surface area contributed by atoms with E-state index < -0.39 is 0 Å². The lowest BCUT2D eigenvalue weighted by Crippen LogP contribution is -1.87. The SMILES string of the molecule is c1cnc2c(c1)ccc1cc(-c3cn[nH]n3)cnc12. The smallest absolute Gasteiger partial charge is 0.114 e. The van der Waals surface area contributed by atoms with E-state index in [2.05, 4.69) is 37.5 Å². The monoisotopic (exact) mass is 247 g/mol. The first-order valence-electron chi connectivity index (χ1n) is 5.91. The van der Waals surface area contributed by atoms with Crippen LogP contribution in [0.2, 0.25) is 0 Å². The number of nitrogens with one attached hydrogen (secondary N) is 1. The summed E-state index contributed by atoms with van der Waals surface area (Å²) in [6, 6.07) is 10.1. The van der Waals surface area contributed by atoms with Crippen LogP contribution in [0.15, 0.2) is 48.9 Å². The van der Waals surface area contributed by atoms with E-state index in [0.717, 1.165) is 33.1 Å². The Kier molecular flexibility index (Phi) is 2.05. The molecule has 1 N–H and O–H groups in total. The third-order valence-corrected chi connectivity index (χ3v) is 3.13. The maximum atomic E-state index is 4.52. The highest BCUT2D eigenvalue weighted by atomic mass is 15.3. The van der Waals surface area contributed by atoms with Crippen LogP contribution in [0, 0.1) is 0 Å². The second-order valence-electron chi connectivity index (χ2n) is 4.29. The molecule has 5 nitrogen and oxygen atoms in total. The van der Waals surface area contributed by atoms with Gasteiger partial charge in [-0.05, 0) is 12.1 Å². The van der Waals surface area contributed by atoms with Crippen molar-refractivity contribution in [2.75, 3.05) is 0 Å². The lowest BCUT2D eigenvalue weighted by Gasteiger charge is -2.03. The Morgan fingerprint density at radius 2 is 1.79 bits per heavy atom. The summed E-state index contributed by atoms with van der Waals surface area (Å²) >= 11 is 0. The topological polar surface area (TPSA) is 67.3 Å². The number of fused-ring (bicyclic) bond motifs is 3. The van der Waals surface area contributed by atoms with E-state index in [-0.39, 0.29) is 0 Å². The fourth-order valence-corrected chi connectivity index (χ4v) is 2.22. The molecule has 0 fully saturated rings. The van der Waals surface area contributed by atoms with Gasteiger partial charge in [-0.1, -0.05) is 18.2 Å². The van der Waals surface area contributed by atoms with E-state index in [4.69, 9.17) is 0 Å². The van der Waals surface area contributed by atoms with Crippen molar-refractivity contribution in [3.8, 4) is 11.3 Å². The van der Waals surface area contributed by atoms with Gasteiger partial charge in [-0.15, -0.1) is 0 Å². The van der Waals surface area contributed by atoms with Crippen molar-refractivity contribution in [2.24, 2.45) is 0 Å². The number of H-pyrrole nitrogens is 1. The van der Waals surface area contributed by atoms with Crippen molar-refractivity contribution >= 4 is 21.8 Å². The van der Waals surface area contributed by atoms with Crippen molar-refractivity contribution in [3.63, 3.8) is 0 Å². The van der Waals surface area contributed by atoms with Gasteiger partial charge in [-0.2, -0.15) is 15.4 Å². The third-order valence-electron chi connectivity index (χ3n) is 3.13. The number of nitrogens with zero attached hydrogens (tertiary/aromatic N) is 4. The fraction of sp³-hybridized carbons (Fsp3) is 0. The van der Waals surface area contributed by atoms with E-state index in [1.165, 1.54) is 0 Å². The summed E-state index contributed by atoms with van der Waals surface area (Å²) in [5, 5.41) is 12.6. The molecule has 0 radical (unpaired) electrons. The van der Waals surface area contributed by atoms with Crippen LogP contribution in [0.3, 0.4) is 0 Å². The van der Waals surface area contributed by atoms with Crippen LogP contribution in [0.25, 0.3) is 33.1 Å². The molecule has 0 aliphatic rings. The van der Waals surface area contributed by atoms with Gasteiger partial charge in [0.25, 0.3) is 0 Å². The minimum absolute atomic E-state index is 0.788. The van der Waals surface area contributed by atoms with Gasteiger partial charge in [0.05, 0.1) is 17.2 Å². The van der Waals surface area contributed by atoms with E-state index in [1.807, 2.05) is 18.2 Å². The van der Waals surface area contributed by atoms with Gasteiger partial charge in [0.15, 0.2) is 0 Å². The average molecular weight is 247 g/mol. The summed E-state index contributed by atoms with van der Waals surface area (Å²) < 4.78 is 0. The Labute approximate surface area is 108 Å². The lowest BCUT2D eigenvalue weighted by atomic mass is 10.1. The van der Waals surface area contributed by atoms with E-state index in [0.29, 0.717) is 0 Å². The van der Waals surface area contributed by atoms with Crippen molar-refractivity contribution in [1.29, 1.82) is 0 Å². The van der Waals surface area contributed by atoms with Crippen LogP contribution in [0.4, 0.5) is 0 Å². The predicted octanol–water partition coefficient (Wildman–Crippen LogP) is 2.57. The highest BCUT2D eigenvalue weighted by Gasteiger charge is 2.06. The molecule has 90 valence electrons. The summed E-state index contributed by atoms with van der Waals surface area (Å²) in [5.41, 5.74) is 3.56. The molecule has 0 amide bonds. The minimum Gasteiger partial charge on any atom is -0.254 e. The van der Waals surface area contributed by atoms with Crippen LogP contribution >= 0.6 is 0 Å². The van der Waals surface area contributed by atoms with Gasteiger partial charge < -0.3 is 0 Å². The second kappa shape index (κ2) is 3.84. The summed E-state index contributed by atoms with van der Waals surface area (Å²) in [7, 11) is 0. The highest BCUT2D eigenvalue weighted by molar-refractivity contribution is 6.03. The Morgan fingerprint density at radius 1 is 0.895 bits per heavy atom. The molecule has 19 heavy (non-hydrogen) atoms. The normalized spacial score (nSPS) is 11.2. The number of pyridine rings is 2. The molecule has 4 aromatic rings. The maximum absolute atomic E-state index is 4.52. The largest absolute Gasteiger partial charge is 0.254 e. The summed E-state index contributed by atoms with van der Waals surface area (Å²) in [6.07, 6.45) is 5.27. The number of hydrogen-bond donors (Lipinski definition) is 1. The molecular weight excluding hydrogens is 238 g/mol. The minimum atomic E-state index is 0.788. The number of aromatic amines is 1. The molecule has 0 aliphatic carbocycles. The molecule has 4 rings (SSSR count). The molecule has 0 saturated carbocycles. The Hall–Kier alpha value is -2.82. The van der Waals surface area contributed by atoms with Gasteiger partial charge in [-0.3, -0.25) is 9.97 Å². The Bertz CT molecular complexity index is 867. The zero-order chi connectivity index (χ0) is 12.7. The van der Waals surface area contributed by atoms with Crippen LogP contribution in [0.5, 0.6) is 0 Å². The van der Waals surface area contributed by atoms with E-state index in [9.17, 15) is 0 Å². The van der Waals surface area contributed by atoms with Crippen LogP contribution < -0.4 is 0 Å². The van der Waals surface area contributed by atoms with Crippen LogP contribution in [0.1, 0.15) is 0 Å². The standard InChI is InChI=1S/C14H9N5/c1-2-9-3-4-10-6-11(12-8-17-19-18-12)7-16-14(10)13(9)15-5-1/h1-8H,(H,17,18,19). The lowest BCUT2D eigenvalue weighted by molar-refractivity contribution is 0.942. The second-order valence-corrected chi connectivity index (χ2v) is 4.29. The molecule has 5 heteroatoms. The number of hydrogen-bond acceptors (Lipinski definition) is 4. The third kappa shape index (κ3) is 1.55. The zero-order valence-electron chi connectivity index (χ0n) is 9.91. The first-order valence-corrected chi connectivity index (χ1v) is 5.91. The van der Waals surface area contributed by atoms with Gasteiger partial charge in [0, 0.05) is 28.7 Å². The molecule has 0 unspecified atom stereocenters. The molecule has 0 saturated heterocycles. The van der Waals surface area contributed by atoms with E-state index >= 15 is 0 Å². The van der Waals surface area contributed by atoms with Crippen molar-refractivity contribution < 1.29 is 0 Å². The quantitative estimate of drug-likeness (QED) is 0.525. The van der Waals surface area contributed by atoms with Crippen LogP contribution in [-0.2, 0) is 0 Å². The number of aromatic nitrogens is 5. The summed E-state index contributed by atoms with van der Waals surface area (Å²) in [4.78, 5) is 8.93. The highest BCUT2D eigenvalue weighted by Crippen LogP contribution is 2.25. The van der Waals surface area contributed by atoms with Crippen molar-refractivity contribution in [2.45, 2.75) is 0 Å². The van der Waals surface area contributed by atoms with Gasteiger partial charge >= 0.3 is 0 Å². The van der Waals surface area contributed by atoms with E-state index in [1.54, 1.807) is 18.6 Å². The van der Waals surface area contributed by atoms with Gasteiger partial charge in [-0.25, -0.2) is 0 Å². The molecule has 0 spiro atoms. The predicted molar refractivity (Wildman–Crippen MR) is 72.4 cm³/mol. The first kappa shape index (κ1) is 10.1. The molecule has 0 atom stereocenters. The molecular formula is C14H9N5. The maximum Gasteiger partial charge on any atom is 0.114 e. The Morgan fingerprint density at radius 3 is 2.68 bits per heavy atom. The van der Waals surface area contributed by atoms with Crippen molar-refractivity contribution in [1.82, 2.24) is 25.4 Å². The zero-order valence-corrected chi connectivity index (χ0v) is 9.91. The molecule has 3 heterocycles. The van der Waals surface area contributed by atoms with Crippen LogP contribution in [-0.4, -0.2) is 25.4 Å². The molecule has 0 bridgehead atoms. The van der Waals surface area contributed by atoms with Crippen molar-refractivity contribution in [3.05, 3.63) is 48.9 Å². The van der Waals surface area contributed by atoms with Gasteiger partial charge in [0.2, 0.25) is 0 Å². The molecule has 0 aliphatic heterocycles. The number of rotatable bonds is 1. The first-order chi connectivity index (χ1) is 9.42. The Balaban J connectivity index is 2.03. The molecule has 1 aromatic carbocycles. The summed E-state index contributed by atoms with van der Waals surface area (Å²) in [6.45, 7) is 0. The number of benzene rings is 1. The molecule has 3 aromatic heterocycles. The van der Waals surface area contributed by atoms with Gasteiger partial charge in [0.1, 0.15) is 5.69 Å².